The molecule has 0 unspecified atom stereocenters. The maximum Gasteiger partial charge on any atom is 0.263 e. The first-order chi connectivity index (χ1) is 10.8. The lowest BCUT2D eigenvalue weighted by atomic mass is 10.0. The van der Waals surface area contributed by atoms with Crippen LogP contribution in [0.1, 0.15) is 5.56 Å². The van der Waals surface area contributed by atoms with Crippen LogP contribution in [0.5, 0.6) is 0 Å². The third-order valence-corrected chi connectivity index (χ3v) is 4.13. The summed E-state index contributed by atoms with van der Waals surface area (Å²) in [7, 11) is 0. The number of aromatic nitrogens is 1. The van der Waals surface area contributed by atoms with Gasteiger partial charge in [0.15, 0.2) is 0 Å². The van der Waals surface area contributed by atoms with Crippen molar-refractivity contribution in [1.29, 1.82) is 0 Å². The molecule has 0 atom stereocenters. The van der Waals surface area contributed by atoms with Gasteiger partial charge in [-0.1, -0.05) is 48.5 Å². The second-order valence-electron chi connectivity index (χ2n) is 5.49. The lowest BCUT2D eigenvalue weighted by Crippen LogP contribution is -2.19. The SMILES string of the molecule is Cc1cccc2c(=O)n(-c3ccccc3)c3ccccc3c12. The number of pyridine rings is 1. The van der Waals surface area contributed by atoms with Crippen LogP contribution >= 0.6 is 0 Å². The standard InChI is InChI=1S/C20H15NO/c1-14-8-7-12-17-19(14)16-11-5-6-13-18(16)21(20(17)22)15-9-3-2-4-10-15/h2-13H,1H3. The Labute approximate surface area is 128 Å². The first-order valence-electron chi connectivity index (χ1n) is 7.36. The first-order valence-corrected chi connectivity index (χ1v) is 7.36. The first kappa shape index (κ1) is 12.8. The van der Waals surface area contributed by atoms with Crippen LogP contribution in [-0.4, -0.2) is 4.57 Å². The molecule has 1 aromatic heterocycles. The Bertz CT molecular complexity index is 1050. The number of hydrogen-bond donors (Lipinski definition) is 0. The molecule has 22 heavy (non-hydrogen) atoms. The molecule has 0 N–H and O–H groups in total. The van der Waals surface area contributed by atoms with Crippen molar-refractivity contribution in [2.45, 2.75) is 6.92 Å². The molecule has 106 valence electrons. The summed E-state index contributed by atoms with van der Waals surface area (Å²) >= 11 is 0. The molecule has 0 radical (unpaired) electrons. The lowest BCUT2D eigenvalue weighted by Gasteiger charge is -2.14. The van der Waals surface area contributed by atoms with Gasteiger partial charge in [-0.3, -0.25) is 9.36 Å². The van der Waals surface area contributed by atoms with Gasteiger partial charge in [-0.25, -0.2) is 0 Å². The molecular formula is C20H15NO. The molecule has 0 aliphatic rings. The summed E-state index contributed by atoms with van der Waals surface area (Å²) in [5.74, 6) is 0. The number of nitrogens with zero attached hydrogens (tertiary/aromatic N) is 1. The topological polar surface area (TPSA) is 22.0 Å². The summed E-state index contributed by atoms with van der Waals surface area (Å²) < 4.78 is 1.80. The fourth-order valence-electron chi connectivity index (χ4n) is 3.15. The van der Waals surface area contributed by atoms with E-state index in [1.807, 2.05) is 60.7 Å². The molecular weight excluding hydrogens is 270 g/mol. The van der Waals surface area contributed by atoms with Crippen LogP contribution < -0.4 is 5.56 Å². The second-order valence-corrected chi connectivity index (χ2v) is 5.49. The molecule has 4 rings (SSSR count). The van der Waals surface area contributed by atoms with E-state index in [-0.39, 0.29) is 5.56 Å². The summed E-state index contributed by atoms with van der Waals surface area (Å²) in [6.45, 7) is 2.06. The molecule has 0 bridgehead atoms. The Morgan fingerprint density at radius 2 is 1.41 bits per heavy atom. The van der Waals surface area contributed by atoms with E-state index < -0.39 is 0 Å². The Kier molecular flexibility index (Phi) is 2.83. The van der Waals surface area contributed by atoms with Gasteiger partial charge in [0, 0.05) is 16.5 Å². The highest BCUT2D eigenvalue weighted by Crippen LogP contribution is 2.27. The van der Waals surface area contributed by atoms with Crippen LogP contribution in [-0.2, 0) is 0 Å². The summed E-state index contributed by atoms with van der Waals surface area (Å²) in [6.07, 6.45) is 0. The normalized spacial score (nSPS) is 11.1. The van der Waals surface area contributed by atoms with E-state index in [1.165, 1.54) is 0 Å². The summed E-state index contributed by atoms with van der Waals surface area (Å²) in [6, 6.07) is 23.8. The van der Waals surface area contributed by atoms with Crippen molar-refractivity contribution in [1.82, 2.24) is 4.57 Å². The maximum absolute atomic E-state index is 13.1. The van der Waals surface area contributed by atoms with E-state index >= 15 is 0 Å². The Hall–Kier alpha value is -2.87. The highest BCUT2D eigenvalue weighted by Gasteiger charge is 2.12. The number of rotatable bonds is 1. The monoisotopic (exact) mass is 285 g/mol. The largest absolute Gasteiger partial charge is 0.276 e. The zero-order valence-electron chi connectivity index (χ0n) is 12.3. The average molecular weight is 285 g/mol. The number of aryl methyl sites for hydroxylation is 1. The quantitative estimate of drug-likeness (QED) is 0.473. The Balaban J connectivity index is 2.31. The molecule has 0 saturated carbocycles. The van der Waals surface area contributed by atoms with Crippen molar-refractivity contribution in [3.63, 3.8) is 0 Å². The molecule has 0 aliphatic carbocycles. The van der Waals surface area contributed by atoms with E-state index in [2.05, 4.69) is 19.1 Å². The van der Waals surface area contributed by atoms with Crippen molar-refractivity contribution < 1.29 is 0 Å². The molecule has 2 heteroatoms. The number of fused-ring (bicyclic) bond motifs is 3. The predicted octanol–water partition coefficient (Wildman–Crippen LogP) is 4.45. The van der Waals surface area contributed by atoms with Gasteiger partial charge in [0.2, 0.25) is 0 Å². The van der Waals surface area contributed by atoms with Gasteiger partial charge in [0.1, 0.15) is 0 Å². The highest BCUT2D eigenvalue weighted by molar-refractivity contribution is 6.07. The predicted molar refractivity (Wildman–Crippen MR) is 91.8 cm³/mol. The molecule has 0 fully saturated rings. The van der Waals surface area contributed by atoms with Gasteiger partial charge < -0.3 is 0 Å². The van der Waals surface area contributed by atoms with Crippen LogP contribution in [0.4, 0.5) is 0 Å². The van der Waals surface area contributed by atoms with Gasteiger partial charge in [-0.15, -0.1) is 0 Å². The number of benzene rings is 3. The van der Waals surface area contributed by atoms with E-state index in [0.29, 0.717) is 0 Å². The minimum Gasteiger partial charge on any atom is -0.276 e. The lowest BCUT2D eigenvalue weighted by molar-refractivity contribution is 1.06. The van der Waals surface area contributed by atoms with Gasteiger partial charge >= 0.3 is 0 Å². The molecule has 1 heterocycles. The van der Waals surface area contributed by atoms with Crippen molar-refractivity contribution in [3.05, 3.63) is 88.7 Å². The zero-order valence-corrected chi connectivity index (χ0v) is 12.3. The zero-order chi connectivity index (χ0) is 15.1. The minimum absolute atomic E-state index is 0.0311. The maximum atomic E-state index is 13.1. The summed E-state index contributed by atoms with van der Waals surface area (Å²) in [5.41, 5.74) is 3.00. The highest BCUT2D eigenvalue weighted by atomic mass is 16.1. The number of hydrogen-bond acceptors (Lipinski definition) is 1. The minimum atomic E-state index is 0.0311. The van der Waals surface area contributed by atoms with E-state index in [9.17, 15) is 4.79 Å². The smallest absolute Gasteiger partial charge is 0.263 e. The molecule has 0 amide bonds. The average Bonchev–Trinajstić information content (AvgIpc) is 2.56. The van der Waals surface area contributed by atoms with Crippen LogP contribution in [0.3, 0.4) is 0 Å². The van der Waals surface area contributed by atoms with Gasteiger partial charge in [0.05, 0.1) is 5.52 Å². The van der Waals surface area contributed by atoms with Crippen molar-refractivity contribution in [2.75, 3.05) is 0 Å². The van der Waals surface area contributed by atoms with Gasteiger partial charge in [-0.2, -0.15) is 0 Å². The molecule has 0 spiro atoms. The summed E-state index contributed by atoms with van der Waals surface area (Å²) in [4.78, 5) is 13.1. The van der Waals surface area contributed by atoms with Crippen LogP contribution in [0.25, 0.3) is 27.4 Å². The molecule has 2 nitrogen and oxygen atoms in total. The van der Waals surface area contributed by atoms with Gasteiger partial charge in [-0.05, 0) is 42.1 Å². The molecule has 0 aliphatic heterocycles. The Morgan fingerprint density at radius 3 is 2.23 bits per heavy atom. The van der Waals surface area contributed by atoms with E-state index in [0.717, 1.165) is 32.9 Å². The third kappa shape index (κ3) is 1.77. The third-order valence-electron chi connectivity index (χ3n) is 4.13. The van der Waals surface area contributed by atoms with E-state index in [4.69, 9.17) is 0 Å². The van der Waals surface area contributed by atoms with Crippen molar-refractivity contribution in [2.24, 2.45) is 0 Å². The summed E-state index contributed by atoms with van der Waals surface area (Å²) in [5, 5.41) is 2.93. The molecule has 4 aromatic rings. The molecule has 3 aromatic carbocycles. The van der Waals surface area contributed by atoms with E-state index in [1.54, 1.807) is 4.57 Å². The van der Waals surface area contributed by atoms with Crippen molar-refractivity contribution in [3.8, 4) is 5.69 Å². The second kappa shape index (κ2) is 4.85. The fraction of sp³-hybridized carbons (Fsp3) is 0.0500. The van der Waals surface area contributed by atoms with Crippen LogP contribution in [0.15, 0.2) is 77.6 Å². The van der Waals surface area contributed by atoms with Crippen LogP contribution in [0.2, 0.25) is 0 Å². The molecule has 0 saturated heterocycles. The van der Waals surface area contributed by atoms with Crippen molar-refractivity contribution >= 4 is 21.7 Å². The van der Waals surface area contributed by atoms with Crippen LogP contribution in [0, 0.1) is 6.92 Å². The van der Waals surface area contributed by atoms with Gasteiger partial charge in [0.25, 0.3) is 5.56 Å². The Morgan fingerprint density at radius 1 is 0.727 bits per heavy atom. The fourth-order valence-corrected chi connectivity index (χ4v) is 3.15. The number of para-hydroxylation sites is 2.